The number of carboxylic acid groups (broad SMARTS) is 1. The fourth-order valence-electron chi connectivity index (χ4n) is 0.864. The van der Waals surface area contributed by atoms with E-state index in [2.05, 4.69) is 0 Å². The van der Waals surface area contributed by atoms with Crippen LogP contribution in [-0.4, -0.2) is 39.7 Å². The number of aliphatic carboxylic acids is 1. The minimum atomic E-state index is -0.992. The number of rotatable bonds is 1. The lowest BCUT2D eigenvalue weighted by atomic mass is 10.3. The Hall–Kier alpha value is -0.910. The van der Waals surface area contributed by atoms with Crippen LogP contribution < -0.4 is 5.73 Å². The Bertz CT molecular complexity index is 176. The summed E-state index contributed by atoms with van der Waals surface area (Å²) in [6.07, 6.45) is 0. The van der Waals surface area contributed by atoms with Crippen LogP contribution in [0.15, 0.2) is 0 Å². The number of carbonyl (C=O) groups is 2. The van der Waals surface area contributed by atoms with Crippen LogP contribution in [0.25, 0.3) is 0 Å². The number of nitrogens with zero attached hydrogens (tertiary/aromatic N) is 1. The van der Waals surface area contributed by atoms with Crippen LogP contribution >= 0.6 is 11.8 Å². The molecule has 11 heavy (non-hydrogen) atoms. The van der Waals surface area contributed by atoms with Gasteiger partial charge in [0.1, 0.15) is 6.04 Å². The van der Waals surface area contributed by atoms with Crippen molar-refractivity contribution in [3.05, 3.63) is 0 Å². The summed E-state index contributed by atoms with van der Waals surface area (Å²) in [4.78, 5) is 22.2. The molecule has 0 aliphatic carbocycles. The largest absolute Gasteiger partial charge is 0.480 e. The summed E-state index contributed by atoms with van der Waals surface area (Å²) in [5.41, 5.74) is 4.94. The van der Waals surface area contributed by atoms with E-state index in [0.29, 0.717) is 11.6 Å². The van der Waals surface area contributed by atoms with E-state index in [9.17, 15) is 9.59 Å². The first kappa shape index (κ1) is 8.19. The number of primary amides is 1. The average molecular weight is 176 g/mol. The molecule has 1 aliphatic heterocycles. The topological polar surface area (TPSA) is 83.6 Å². The third kappa shape index (κ3) is 1.56. The lowest BCUT2D eigenvalue weighted by Gasteiger charge is -2.16. The highest BCUT2D eigenvalue weighted by atomic mass is 32.2. The van der Waals surface area contributed by atoms with Gasteiger partial charge in [0, 0.05) is 5.75 Å². The van der Waals surface area contributed by atoms with E-state index in [4.69, 9.17) is 10.8 Å². The van der Waals surface area contributed by atoms with Crippen LogP contribution in [0.3, 0.4) is 0 Å². The van der Waals surface area contributed by atoms with E-state index < -0.39 is 18.0 Å². The van der Waals surface area contributed by atoms with Gasteiger partial charge in [0.2, 0.25) is 0 Å². The second kappa shape index (κ2) is 3.00. The molecule has 1 heterocycles. The van der Waals surface area contributed by atoms with Crippen LogP contribution in [0.1, 0.15) is 0 Å². The van der Waals surface area contributed by atoms with Gasteiger partial charge in [-0.25, -0.2) is 9.59 Å². The Morgan fingerprint density at radius 3 is 2.64 bits per heavy atom. The van der Waals surface area contributed by atoms with Crippen molar-refractivity contribution in [2.45, 2.75) is 6.04 Å². The molecule has 3 N–H and O–H groups in total. The molecule has 0 aromatic rings. The smallest absolute Gasteiger partial charge is 0.327 e. The van der Waals surface area contributed by atoms with Gasteiger partial charge in [0.05, 0.1) is 5.88 Å². The SMILES string of the molecule is NC(=O)N1CSC[C@H]1C(=O)O. The van der Waals surface area contributed by atoms with Crippen LogP contribution in [-0.2, 0) is 4.79 Å². The second-order valence-electron chi connectivity index (χ2n) is 2.16. The molecule has 0 aromatic heterocycles. The maximum atomic E-state index is 10.6. The Labute approximate surface area is 67.5 Å². The van der Waals surface area contributed by atoms with Crippen molar-refractivity contribution in [2.24, 2.45) is 5.73 Å². The molecule has 0 aromatic carbocycles. The molecule has 6 heteroatoms. The number of carbonyl (C=O) groups excluding carboxylic acids is 1. The van der Waals surface area contributed by atoms with Crippen molar-refractivity contribution in [3.63, 3.8) is 0 Å². The molecular formula is C5H8N2O3S. The molecule has 1 aliphatic rings. The first-order valence-electron chi connectivity index (χ1n) is 2.99. The molecule has 62 valence electrons. The second-order valence-corrected chi connectivity index (χ2v) is 3.16. The first-order valence-corrected chi connectivity index (χ1v) is 4.15. The predicted molar refractivity (Wildman–Crippen MR) is 40.2 cm³/mol. The molecule has 1 rings (SSSR count). The standard InChI is InChI=1S/C5H8N2O3S/c6-5(10)7-2-11-1-3(7)4(8)9/h3H,1-2H2,(H2,6,10)(H,8,9)/t3-/m0/s1. The van der Waals surface area contributed by atoms with Gasteiger partial charge >= 0.3 is 12.0 Å². The van der Waals surface area contributed by atoms with Gasteiger partial charge in [-0.15, -0.1) is 11.8 Å². The minimum absolute atomic E-state index is 0.381. The van der Waals surface area contributed by atoms with Gasteiger partial charge in [0.15, 0.2) is 0 Å². The molecule has 1 fully saturated rings. The van der Waals surface area contributed by atoms with Crippen molar-refractivity contribution in [1.82, 2.24) is 4.90 Å². The van der Waals surface area contributed by atoms with Gasteiger partial charge in [0.25, 0.3) is 0 Å². The molecule has 1 atom stereocenters. The normalized spacial score (nSPS) is 23.6. The Morgan fingerprint density at radius 1 is 1.64 bits per heavy atom. The summed E-state index contributed by atoms with van der Waals surface area (Å²) in [5, 5.41) is 8.57. The molecule has 0 spiro atoms. The third-order valence-electron chi connectivity index (χ3n) is 1.45. The number of urea groups is 1. The summed E-state index contributed by atoms with van der Waals surface area (Å²) in [5.74, 6) is -0.182. The monoisotopic (exact) mass is 176 g/mol. The van der Waals surface area contributed by atoms with Crippen molar-refractivity contribution < 1.29 is 14.7 Å². The number of thioether (sulfide) groups is 1. The van der Waals surface area contributed by atoms with Crippen LogP contribution in [0.5, 0.6) is 0 Å². The molecule has 0 bridgehead atoms. The Kier molecular flexibility index (Phi) is 2.23. The molecule has 5 nitrogen and oxygen atoms in total. The zero-order chi connectivity index (χ0) is 8.43. The Balaban J connectivity index is 2.65. The molecule has 0 radical (unpaired) electrons. The number of nitrogens with two attached hydrogens (primary N) is 1. The molecular weight excluding hydrogens is 168 g/mol. The summed E-state index contributed by atoms with van der Waals surface area (Å²) in [6.45, 7) is 0. The predicted octanol–water partition coefficient (Wildman–Crippen LogP) is -0.475. The quantitative estimate of drug-likeness (QED) is 0.565. The van der Waals surface area contributed by atoms with E-state index in [-0.39, 0.29) is 0 Å². The highest BCUT2D eigenvalue weighted by Gasteiger charge is 2.33. The molecule has 1 saturated heterocycles. The van der Waals surface area contributed by atoms with Crippen LogP contribution in [0.4, 0.5) is 4.79 Å². The zero-order valence-electron chi connectivity index (χ0n) is 5.69. The summed E-state index contributed by atoms with van der Waals surface area (Å²) in [6, 6.07) is -1.40. The van der Waals surface area contributed by atoms with E-state index in [0.717, 1.165) is 4.90 Å². The summed E-state index contributed by atoms with van der Waals surface area (Å²) in [7, 11) is 0. The molecule has 0 saturated carbocycles. The fourth-order valence-corrected chi connectivity index (χ4v) is 2.02. The number of carboxylic acids is 1. The number of hydrogen-bond donors (Lipinski definition) is 2. The lowest BCUT2D eigenvalue weighted by molar-refractivity contribution is -0.140. The maximum Gasteiger partial charge on any atom is 0.327 e. The van der Waals surface area contributed by atoms with E-state index in [1.54, 1.807) is 0 Å². The lowest BCUT2D eigenvalue weighted by Crippen LogP contribution is -2.44. The van der Waals surface area contributed by atoms with Crippen molar-refractivity contribution in [1.29, 1.82) is 0 Å². The first-order chi connectivity index (χ1) is 5.13. The van der Waals surface area contributed by atoms with E-state index in [1.165, 1.54) is 11.8 Å². The molecule has 0 unspecified atom stereocenters. The number of hydrogen-bond acceptors (Lipinski definition) is 3. The van der Waals surface area contributed by atoms with Gasteiger partial charge in [-0.2, -0.15) is 0 Å². The summed E-state index contributed by atoms with van der Waals surface area (Å²) >= 11 is 1.39. The van der Waals surface area contributed by atoms with Gasteiger partial charge in [-0.1, -0.05) is 0 Å². The maximum absolute atomic E-state index is 10.6. The van der Waals surface area contributed by atoms with Crippen molar-refractivity contribution >= 4 is 23.8 Å². The number of amides is 2. The highest BCUT2D eigenvalue weighted by Crippen LogP contribution is 2.19. The van der Waals surface area contributed by atoms with Crippen molar-refractivity contribution in [2.75, 3.05) is 11.6 Å². The van der Waals surface area contributed by atoms with Crippen LogP contribution in [0, 0.1) is 0 Å². The average Bonchev–Trinajstić information content (AvgIpc) is 2.32. The Morgan fingerprint density at radius 2 is 2.27 bits per heavy atom. The van der Waals surface area contributed by atoms with E-state index >= 15 is 0 Å². The molecule has 2 amide bonds. The van der Waals surface area contributed by atoms with Gasteiger partial charge in [-0.3, -0.25) is 0 Å². The van der Waals surface area contributed by atoms with Crippen LogP contribution in [0.2, 0.25) is 0 Å². The van der Waals surface area contributed by atoms with Crippen molar-refractivity contribution in [3.8, 4) is 0 Å². The van der Waals surface area contributed by atoms with E-state index in [1.807, 2.05) is 0 Å². The zero-order valence-corrected chi connectivity index (χ0v) is 6.50. The minimum Gasteiger partial charge on any atom is -0.480 e. The van der Waals surface area contributed by atoms with Gasteiger partial charge < -0.3 is 15.7 Å². The third-order valence-corrected chi connectivity index (χ3v) is 2.46. The van der Waals surface area contributed by atoms with Gasteiger partial charge in [-0.05, 0) is 0 Å². The highest BCUT2D eigenvalue weighted by molar-refractivity contribution is 7.99. The summed E-state index contributed by atoms with van der Waals surface area (Å²) < 4.78 is 0. The fraction of sp³-hybridized carbons (Fsp3) is 0.600.